The van der Waals surface area contributed by atoms with Gasteiger partial charge >= 0.3 is 0 Å². The van der Waals surface area contributed by atoms with Crippen LogP contribution in [0.15, 0.2) is 49.1 Å². The lowest BCUT2D eigenvalue weighted by molar-refractivity contribution is 0.410. The molecule has 1 aromatic carbocycles. The molecule has 0 saturated heterocycles. The summed E-state index contributed by atoms with van der Waals surface area (Å²) in [5.74, 6) is 3.29. The summed E-state index contributed by atoms with van der Waals surface area (Å²) >= 11 is 6.06. The maximum absolute atomic E-state index is 6.06. The van der Waals surface area contributed by atoms with Crippen LogP contribution in [0.2, 0.25) is 5.02 Å². The molecule has 0 bridgehead atoms. The molecule has 7 nitrogen and oxygen atoms in total. The number of fused-ring (bicyclic) bond motifs is 1. The summed E-state index contributed by atoms with van der Waals surface area (Å²) in [5.41, 5.74) is 3.05. The minimum absolute atomic E-state index is 0.232. The third-order valence-corrected chi connectivity index (χ3v) is 5.87. The number of halogens is 1. The fraction of sp³-hybridized carbons (Fsp3) is 0.250. The fourth-order valence-electron chi connectivity index (χ4n) is 4.05. The van der Waals surface area contributed by atoms with Crippen LogP contribution in [0.5, 0.6) is 5.75 Å². The Morgan fingerprint density at radius 2 is 2.00 bits per heavy atom. The molecule has 0 fully saturated rings. The second kappa shape index (κ2) is 8.59. The lowest BCUT2D eigenvalue weighted by Gasteiger charge is -2.22. The van der Waals surface area contributed by atoms with E-state index in [9.17, 15) is 0 Å². The monoisotopic (exact) mass is 446 g/mol. The van der Waals surface area contributed by atoms with E-state index in [0.29, 0.717) is 17.4 Å². The number of aryl methyl sites for hydroxylation is 2. The predicted molar refractivity (Wildman–Crippen MR) is 124 cm³/mol. The van der Waals surface area contributed by atoms with Crippen molar-refractivity contribution in [3.63, 3.8) is 0 Å². The molecule has 8 heteroatoms. The van der Waals surface area contributed by atoms with E-state index in [1.807, 2.05) is 52.7 Å². The first-order chi connectivity index (χ1) is 15.6. The van der Waals surface area contributed by atoms with Crippen LogP contribution in [0.4, 0.5) is 0 Å². The number of benzene rings is 1. The molecular weight excluding hydrogens is 424 g/mol. The SMILES string of the molecule is COc1cc(C=Cc2nc3n(n2)CCC[C@H]3c2ccc(Cl)cc2)cnc1-n1cnc(C)c1. The Labute approximate surface area is 191 Å². The van der Waals surface area contributed by atoms with Gasteiger partial charge in [-0.3, -0.25) is 4.57 Å². The summed E-state index contributed by atoms with van der Waals surface area (Å²) in [7, 11) is 1.64. The number of methoxy groups -OCH3 is 1. The Hall–Kier alpha value is -3.45. The summed E-state index contributed by atoms with van der Waals surface area (Å²) in [6.45, 7) is 2.82. The quantitative estimate of drug-likeness (QED) is 0.435. The van der Waals surface area contributed by atoms with E-state index in [2.05, 4.69) is 22.1 Å². The maximum atomic E-state index is 6.06. The average molecular weight is 447 g/mol. The molecule has 32 heavy (non-hydrogen) atoms. The van der Waals surface area contributed by atoms with Gasteiger partial charge in [0.05, 0.1) is 12.8 Å². The molecule has 3 aromatic heterocycles. The van der Waals surface area contributed by atoms with Crippen LogP contribution in [-0.4, -0.2) is 36.4 Å². The van der Waals surface area contributed by atoms with Crippen molar-refractivity contribution in [2.45, 2.75) is 32.2 Å². The van der Waals surface area contributed by atoms with Crippen molar-refractivity contribution in [3.05, 3.63) is 82.5 Å². The van der Waals surface area contributed by atoms with E-state index in [-0.39, 0.29) is 5.92 Å². The van der Waals surface area contributed by atoms with Gasteiger partial charge in [-0.25, -0.2) is 19.6 Å². The third kappa shape index (κ3) is 4.03. The molecule has 0 spiro atoms. The normalized spacial score (nSPS) is 15.8. The Morgan fingerprint density at radius 1 is 1.16 bits per heavy atom. The Morgan fingerprint density at radius 3 is 2.75 bits per heavy atom. The van der Waals surface area contributed by atoms with Gasteiger partial charge in [0.25, 0.3) is 0 Å². The zero-order valence-corrected chi connectivity index (χ0v) is 18.7. The first-order valence-corrected chi connectivity index (χ1v) is 10.9. The van der Waals surface area contributed by atoms with E-state index in [1.54, 1.807) is 19.6 Å². The molecular formula is C24H23ClN6O. The molecule has 4 aromatic rings. The van der Waals surface area contributed by atoms with Gasteiger partial charge in [-0.2, -0.15) is 5.10 Å². The minimum Gasteiger partial charge on any atom is -0.493 e. The standard InChI is InChI=1S/C24H23ClN6O/c1-16-14-30(15-27-16)24-21(32-2)12-17(13-26-24)5-10-22-28-23-20(4-3-11-31(23)29-22)18-6-8-19(25)9-7-18/h5-10,12-15,20H,3-4,11H2,1-2H3/t20-/m0/s1. The van der Waals surface area contributed by atoms with Gasteiger partial charge in [0.15, 0.2) is 17.4 Å². The summed E-state index contributed by atoms with van der Waals surface area (Å²) < 4.78 is 9.42. The van der Waals surface area contributed by atoms with Gasteiger partial charge < -0.3 is 4.74 Å². The Balaban J connectivity index is 1.40. The van der Waals surface area contributed by atoms with Gasteiger partial charge in [0.2, 0.25) is 0 Å². The van der Waals surface area contributed by atoms with Crippen molar-refractivity contribution in [1.82, 2.24) is 29.3 Å². The largest absolute Gasteiger partial charge is 0.493 e. The summed E-state index contributed by atoms with van der Waals surface area (Å²) in [6.07, 6.45) is 11.4. The van der Waals surface area contributed by atoms with Crippen LogP contribution in [0.25, 0.3) is 18.0 Å². The van der Waals surface area contributed by atoms with Gasteiger partial charge in [-0.15, -0.1) is 0 Å². The molecule has 162 valence electrons. The number of imidazole rings is 1. The van der Waals surface area contributed by atoms with Crippen molar-refractivity contribution in [3.8, 4) is 11.6 Å². The lowest BCUT2D eigenvalue weighted by atomic mass is 9.91. The molecule has 1 atom stereocenters. The fourth-order valence-corrected chi connectivity index (χ4v) is 4.17. The predicted octanol–water partition coefficient (Wildman–Crippen LogP) is 4.93. The van der Waals surface area contributed by atoms with Crippen LogP contribution in [-0.2, 0) is 6.54 Å². The number of aromatic nitrogens is 6. The number of hydrogen-bond donors (Lipinski definition) is 0. The number of pyridine rings is 1. The minimum atomic E-state index is 0.232. The number of rotatable bonds is 5. The molecule has 0 saturated carbocycles. The molecule has 5 rings (SSSR count). The Bertz CT molecular complexity index is 1270. The second-order valence-electron chi connectivity index (χ2n) is 7.85. The summed E-state index contributed by atoms with van der Waals surface area (Å²) in [4.78, 5) is 13.6. The number of hydrogen-bond acceptors (Lipinski definition) is 5. The van der Waals surface area contributed by atoms with Crippen molar-refractivity contribution < 1.29 is 4.74 Å². The highest BCUT2D eigenvalue weighted by Gasteiger charge is 2.25. The van der Waals surface area contributed by atoms with Crippen LogP contribution in [0.3, 0.4) is 0 Å². The third-order valence-electron chi connectivity index (χ3n) is 5.62. The highest BCUT2D eigenvalue weighted by molar-refractivity contribution is 6.30. The van der Waals surface area contributed by atoms with E-state index < -0.39 is 0 Å². The average Bonchev–Trinajstić information content (AvgIpc) is 3.43. The van der Waals surface area contributed by atoms with Crippen LogP contribution in [0.1, 0.15) is 47.2 Å². The smallest absolute Gasteiger partial charge is 0.180 e. The topological polar surface area (TPSA) is 70.7 Å². The first-order valence-electron chi connectivity index (χ1n) is 10.5. The van der Waals surface area contributed by atoms with Crippen molar-refractivity contribution >= 4 is 23.8 Å². The van der Waals surface area contributed by atoms with Crippen LogP contribution in [0, 0.1) is 6.92 Å². The van der Waals surface area contributed by atoms with Crippen molar-refractivity contribution in [1.29, 1.82) is 0 Å². The van der Waals surface area contributed by atoms with Crippen molar-refractivity contribution in [2.24, 2.45) is 0 Å². The van der Waals surface area contributed by atoms with Crippen molar-refractivity contribution in [2.75, 3.05) is 7.11 Å². The molecule has 1 aliphatic rings. The van der Waals surface area contributed by atoms with E-state index >= 15 is 0 Å². The van der Waals surface area contributed by atoms with Gasteiger partial charge in [-0.1, -0.05) is 23.7 Å². The number of ether oxygens (including phenoxy) is 1. The highest BCUT2D eigenvalue weighted by atomic mass is 35.5. The summed E-state index contributed by atoms with van der Waals surface area (Å²) in [6, 6.07) is 9.97. The van der Waals surface area contributed by atoms with Gasteiger partial charge in [0, 0.05) is 29.9 Å². The Kier molecular flexibility index (Phi) is 5.49. The zero-order chi connectivity index (χ0) is 22.1. The second-order valence-corrected chi connectivity index (χ2v) is 8.28. The van der Waals surface area contributed by atoms with E-state index in [0.717, 1.165) is 41.5 Å². The molecule has 4 heterocycles. The molecule has 1 aliphatic heterocycles. The molecule has 0 radical (unpaired) electrons. The molecule has 0 unspecified atom stereocenters. The van der Waals surface area contributed by atoms with E-state index in [1.165, 1.54) is 5.56 Å². The van der Waals surface area contributed by atoms with Gasteiger partial charge in [-0.05, 0) is 61.2 Å². The zero-order valence-electron chi connectivity index (χ0n) is 17.9. The number of nitrogens with zero attached hydrogens (tertiary/aromatic N) is 6. The summed E-state index contributed by atoms with van der Waals surface area (Å²) in [5, 5.41) is 5.44. The molecule has 0 aliphatic carbocycles. The van der Waals surface area contributed by atoms with Crippen LogP contribution < -0.4 is 4.74 Å². The molecule has 0 N–H and O–H groups in total. The van der Waals surface area contributed by atoms with Gasteiger partial charge in [0.1, 0.15) is 12.2 Å². The maximum Gasteiger partial charge on any atom is 0.180 e. The highest BCUT2D eigenvalue weighted by Crippen LogP contribution is 2.33. The molecule has 0 amide bonds. The van der Waals surface area contributed by atoms with E-state index in [4.69, 9.17) is 26.4 Å². The van der Waals surface area contributed by atoms with Crippen LogP contribution >= 0.6 is 11.6 Å². The lowest BCUT2D eigenvalue weighted by Crippen LogP contribution is -2.17. The first kappa shape index (κ1) is 20.5.